The molecule has 0 aliphatic rings. The molecule has 5 heteroatoms. The molecule has 0 saturated heterocycles. The van der Waals surface area contributed by atoms with Crippen molar-refractivity contribution in [1.29, 1.82) is 0 Å². The second kappa shape index (κ2) is 8.97. The smallest absolute Gasteiger partial charge is 0.372 e. The fraction of sp³-hybridized carbons (Fsp3) is 0.471. The lowest BCUT2D eigenvalue weighted by atomic mass is 10.1. The van der Waals surface area contributed by atoms with Gasteiger partial charge < -0.3 is 10.0 Å². The number of hydrogen-bond donors (Lipinski definition) is 1. The van der Waals surface area contributed by atoms with E-state index in [-0.39, 0.29) is 6.04 Å². The predicted molar refractivity (Wildman–Crippen MR) is 83.5 cm³/mol. The largest absolute Gasteiger partial charge is 0.475 e. The first-order chi connectivity index (χ1) is 10.4. The summed E-state index contributed by atoms with van der Waals surface area (Å²) in [5.74, 6) is -3.02. The molecule has 0 aliphatic heterocycles. The van der Waals surface area contributed by atoms with Crippen LogP contribution in [0.15, 0.2) is 30.3 Å². The normalized spacial score (nSPS) is 10.5. The molecule has 1 amide bonds. The standard InChI is InChI=1S/C17H23NO4/c1-13(2)18(16(20)12-15(19)17(21)22)11-7-6-10-14-8-4-3-5-9-14/h3-5,8-9,13H,6-7,10-12H2,1-2H3,(H,21,22). The topological polar surface area (TPSA) is 74.7 Å². The van der Waals surface area contributed by atoms with Crippen LogP contribution in [0.1, 0.15) is 38.7 Å². The number of ketones is 1. The summed E-state index contributed by atoms with van der Waals surface area (Å²) in [6.45, 7) is 4.26. The van der Waals surface area contributed by atoms with Crippen LogP contribution in [0.5, 0.6) is 0 Å². The lowest BCUT2D eigenvalue weighted by Gasteiger charge is -2.26. The Morgan fingerprint density at radius 1 is 1.09 bits per heavy atom. The van der Waals surface area contributed by atoms with Crippen molar-refractivity contribution in [2.75, 3.05) is 6.54 Å². The molecule has 120 valence electrons. The summed E-state index contributed by atoms with van der Waals surface area (Å²) < 4.78 is 0. The SMILES string of the molecule is CC(C)N(CCCCc1ccccc1)C(=O)CC(=O)C(=O)O. The zero-order chi connectivity index (χ0) is 16.5. The Morgan fingerprint density at radius 2 is 1.73 bits per heavy atom. The average Bonchev–Trinajstić information content (AvgIpc) is 2.47. The molecule has 0 radical (unpaired) electrons. The van der Waals surface area contributed by atoms with E-state index in [1.54, 1.807) is 4.90 Å². The fourth-order valence-corrected chi connectivity index (χ4v) is 2.24. The number of carboxylic acids is 1. The van der Waals surface area contributed by atoms with Crippen LogP contribution in [0, 0.1) is 0 Å². The highest BCUT2D eigenvalue weighted by Crippen LogP contribution is 2.08. The van der Waals surface area contributed by atoms with Crippen LogP contribution in [0.3, 0.4) is 0 Å². The van der Waals surface area contributed by atoms with Gasteiger partial charge in [0.05, 0.1) is 6.42 Å². The van der Waals surface area contributed by atoms with Crippen LogP contribution in [-0.2, 0) is 20.8 Å². The van der Waals surface area contributed by atoms with Gasteiger partial charge in [0.15, 0.2) is 0 Å². The number of nitrogens with zero attached hydrogens (tertiary/aromatic N) is 1. The van der Waals surface area contributed by atoms with Crippen molar-refractivity contribution in [2.24, 2.45) is 0 Å². The van der Waals surface area contributed by atoms with Crippen molar-refractivity contribution in [3.05, 3.63) is 35.9 Å². The minimum atomic E-state index is -1.55. The first kappa shape index (κ1) is 17.9. The van der Waals surface area contributed by atoms with Crippen LogP contribution >= 0.6 is 0 Å². The van der Waals surface area contributed by atoms with Crippen LogP contribution in [0.2, 0.25) is 0 Å². The maximum Gasteiger partial charge on any atom is 0.372 e. The number of carboxylic acid groups (broad SMARTS) is 1. The average molecular weight is 305 g/mol. The Kier molecular flexibility index (Phi) is 7.29. The molecule has 1 N–H and O–H groups in total. The summed E-state index contributed by atoms with van der Waals surface area (Å²) in [5, 5.41) is 8.57. The zero-order valence-corrected chi connectivity index (χ0v) is 13.1. The minimum absolute atomic E-state index is 0.0502. The summed E-state index contributed by atoms with van der Waals surface area (Å²) in [6, 6.07) is 10.1. The number of Topliss-reactive ketones (excluding diaryl/α,β-unsaturated/α-hetero) is 1. The van der Waals surface area contributed by atoms with Gasteiger partial charge in [-0.25, -0.2) is 4.79 Å². The van der Waals surface area contributed by atoms with E-state index in [9.17, 15) is 14.4 Å². The third-order valence-electron chi connectivity index (χ3n) is 3.45. The molecule has 0 spiro atoms. The van der Waals surface area contributed by atoms with Crippen molar-refractivity contribution in [3.8, 4) is 0 Å². The maximum absolute atomic E-state index is 12.0. The molecule has 0 bridgehead atoms. The first-order valence-corrected chi connectivity index (χ1v) is 7.51. The molecule has 0 aliphatic carbocycles. The second-order valence-electron chi connectivity index (χ2n) is 5.53. The van der Waals surface area contributed by atoms with Crippen LogP contribution < -0.4 is 0 Å². The Hall–Kier alpha value is -2.17. The molecule has 0 atom stereocenters. The van der Waals surface area contributed by atoms with E-state index in [1.807, 2.05) is 32.0 Å². The number of carbonyl (C=O) groups excluding carboxylic acids is 2. The molecule has 1 aromatic rings. The van der Waals surface area contributed by atoms with Gasteiger partial charge in [-0.15, -0.1) is 0 Å². The van der Waals surface area contributed by atoms with Crippen molar-refractivity contribution < 1.29 is 19.5 Å². The molecule has 5 nitrogen and oxygen atoms in total. The van der Waals surface area contributed by atoms with Gasteiger partial charge in [-0.2, -0.15) is 0 Å². The molecule has 1 rings (SSSR count). The molecule has 22 heavy (non-hydrogen) atoms. The number of aliphatic carboxylic acids is 1. The molecule has 0 fully saturated rings. The van der Waals surface area contributed by atoms with Gasteiger partial charge in [-0.3, -0.25) is 9.59 Å². The third kappa shape index (κ3) is 6.08. The highest BCUT2D eigenvalue weighted by atomic mass is 16.4. The number of hydrogen-bond acceptors (Lipinski definition) is 3. The number of benzene rings is 1. The number of amides is 1. The zero-order valence-electron chi connectivity index (χ0n) is 13.1. The highest BCUT2D eigenvalue weighted by molar-refractivity contribution is 6.36. The number of aryl methyl sites for hydroxylation is 1. The third-order valence-corrected chi connectivity index (χ3v) is 3.45. The molecule has 0 saturated carbocycles. The van der Waals surface area contributed by atoms with Crippen molar-refractivity contribution in [2.45, 2.75) is 45.6 Å². The van der Waals surface area contributed by atoms with Crippen LogP contribution in [-0.4, -0.2) is 40.3 Å². The first-order valence-electron chi connectivity index (χ1n) is 7.51. The van der Waals surface area contributed by atoms with Gasteiger partial charge in [0, 0.05) is 12.6 Å². The van der Waals surface area contributed by atoms with E-state index < -0.39 is 24.1 Å². The number of unbranched alkanes of at least 4 members (excludes halogenated alkanes) is 1. The van der Waals surface area contributed by atoms with E-state index in [1.165, 1.54) is 5.56 Å². The van der Waals surface area contributed by atoms with Gasteiger partial charge in [-0.05, 0) is 38.7 Å². The van der Waals surface area contributed by atoms with Crippen molar-refractivity contribution >= 4 is 17.7 Å². The van der Waals surface area contributed by atoms with Gasteiger partial charge >= 0.3 is 5.97 Å². The van der Waals surface area contributed by atoms with Gasteiger partial charge in [0.25, 0.3) is 0 Å². The Morgan fingerprint density at radius 3 is 2.27 bits per heavy atom. The quantitative estimate of drug-likeness (QED) is 0.431. The van der Waals surface area contributed by atoms with E-state index >= 15 is 0 Å². The van der Waals surface area contributed by atoms with E-state index in [0.29, 0.717) is 6.54 Å². The van der Waals surface area contributed by atoms with E-state index in [4.69, 9.17) is 5.11 Å². The van der Waals surface area contributed by atoms with Crippen LogP contribution in [0.4, 0.5) is 0 Å². The van der Waals surface area contributed by atoms with E-state index in [0.717, 1.165) is 19.3 Å². The van der Waals surface area contributed by atoms with E-state index in [2.05, 4.69) is 12.1 Å². The van der Waals surface area contributed by atoms with Gasteiger partial charge in [0.2, 0.25) is 11.7 Å². The van der Waals surface area contributed by atoms with Crippen molar-refractivity contribution in [1.82, 2.24) is 4.90 Å². The molecule has 1 aromatic carbocycles. The van der Waals surface area contributed by atoms with Gasteiger partial charge in [0.1, 0.15) is 0 Å². The Labute approximate surface area is 130 Å². The molecule has 0 unspecified atom stereocenters. The summed E-state index contributed by atoms with van der Waals surface area (Å²) in [6.07, 6.45) is 2.13. The fourth-order valence-electron chi connectivity index (χ4n) is 2.24. The summed E-state index contributed by atoms with van der Waals surface area (Å²) in [4.78, 5) is 35.3. The summed E-state index contributed by atoms with van der Waals surface area (Å²) in [5.41, 5.74) is 1.26. The van der Waals surface area contributed by atoms with Crippen LogP contribution in [0.25, 0.3) is 0 Å². The number of carbonyl (C=O) groups is 3. The molecule has 0 heterocycles. The molecule has 0 aromatic heterocycles. The highest BCUT2D eigenvalue weighted by Gasteiger charge is 2.22. The van der Waals surface area contributed by atoms with Crippen molar-refractivity contribution in [3.63, 3.8) is 0 Å². The lowest BCUT2D eigenvalue weighted by molar-refractivity contribution is -0.151. The Balaban J connectivity index is 2.42. The molecular weight excluding hydrogens is 282 g/mol. The summed E-state index contributed by atoms with van der Waals surface area (Å²) in [7, 11) is 0. The maximum atomic E-state index is 12.0. The van der Waals surface area contributed by atoms with Gasteiger partial charge in [-0.1, -0.05) is 30.3 Å². The minimum Gasteiger partial charge on any atom is -0.475 e. The second-order valence-corrected chi connectivity index (χ2v) is 5.53. The number of rotatable bonds is 9. The lowest BCUT2D eigenvalue weighted by Crippen LogP contribution is -2.39. The monoisotopic (exact) mass is 305 g/mol. The molecular formula is C17H23NO4. The predicted octanol–water partition coefficient (Wildman–Crippen LogP) is 2.29. The Bertz CT molecular complexity index is 511. The summed E-state index contributed by atoms with van der Waals surface area (Å²) >= 11 is 0.